The van der Waals surface area contributed by atoms with Gasteiger partial charge in [0.05, 0.1) is 22.7 Å². The normalized spacial score (nSPS) is 10.8. The van der Waals surface area contributed by atoms with Gasteiger partial charge in [-0.05, 0) is 30.3 Å². The molecule has 0 spiro atoms. The van der Waals surface area contributed by atoms with Gasteiger partial charge in [-0.1, -0.05) is 17.7 Å². The van der Waals surface area contributed by atoms with Crippen molar-refractivity contribution in [3.05, 3.63) is 64.2 Å². The summed E-state index contributed by atoms with van der Waals surface area (Å²) in [5, 5.41) is 9.34. The van der Waals surface area contributed by atoms with Crippen LogP contribution >= 0.6 is 11.6 Å². The van der Waals surface area contributed by atoms with E-state index in [1.54, 1.807) is 30.3 Å². The first kappa shape index (κ1) is 13.6. The zero-order valence-corrected chi connectivity index (χ0v) is 12.0. The molecule has 2 aromatic carbocycles. The molecular weight excluding hydrogens is 289 g/mol. The van der Waals surface area contributed by atoms with Crippen molar-refractivity contribution < 1.29 is 4.39 Å². The first-order valence-corrected chi connectivity index (χ1v) is 6.76. The monoisotopic (exact) mass is 299 g/mol. The minimum absolute atomic E-state index is 0.304. The van der Waals surface area contributed by atoms with Gasteiger partial charge in [0.15, 0.2) is 0 Å². The summed E-state index contributed by atoms with van der Waals surface area (Å²) in [4.78, 5) is 4.49. The molecule has 3 nitrogen and oxygen atoms in total. The molecule has 3 aromatic rings. The molecule has 21 heavy (non-hydrogen) atoms. The Bertz CT molecular complexity index is 857. The molecule has 104 valence electrons. The Labute approximate surface area is 126 Å². The van der Waals surface area contributed by atoms with E-state index in [4.69, 9.17) is 16.9 Å². The van der Waals surface area contributed by atoms with Crippen LogP contribution in [-0.4, -0.2) is 9.55 Å². The maximum Gasteiger partial charge on any atom is 0.128 e. The van der Waals surface area contributed by atoms with Gasteiger partial charge in [-0.2, -0.15) is 5.26 Å². The molecule has 0 saturated carbocycles. The molecular formula is C16H11ClFN3. The highest BCUT2D eigenvalue weighted by Gasteiger charge is 2.13. The van der Waals surface area contributed by atoms with E-state index >= 15 is 0 Å². The number of rotatable bonds is 2. The Morgan fingerprint density at radius 1 is 1.33 bits per heavy atom. The van der Waals surface area contributed by atoms with Crippen LogP contribution in [0.1, 0.15) is 17.0 Å². The molecule has 5 heteroatoms. The van der Waals surface area contributed by atoms with Crippen LogP contribution in [0.5, 0.6) is 0 Å². The largest absolute Gasteiger partial charge is 0.331 e. The van der Waals surface area contributed by atoms with Gasteiger partial charge in [-0.3, -0.25) is 0 Å². The van der Waals surface area contributed by atoms with Crippen LogP contribution in [0.15, 0.2) is 36.4 Å². The lowest BCUT2D eigenvalue weighted by Crippen LogP contribution is -2.01. The standard InChI is InChI=1S/C16H11ClFN3/c1-21-15-7-10(9-19)5-6-14(15)20-16(21)8-11-12(17)3-2-4-13(11)18/h2-7H,8H2,1H3. The second-order valence-corrected chi connectivity index (χ2v) is 5.19. The van der Waals surface area contributed by atoms with Crippen LogP contribution in [0.3, 0.4) is 0 Å². The molecule has 1 aromatic heterocycles. The zero-order valence-electron chi connectivity index (χ0n) is 11.3. The van der Waals surface area contributed by atoms with Crippen molar-refractivity contribution in [1.82, 2.24) is 9.55 Å². The summed E-state index contributed by atoms with van der Waals surface area (Å²) in [6, 6.07) is 12.0. The van der Waals surface area contributed by atoms with Gasteiger partial charge in [0, 0.05) is 24.1 Å². The summed E-state index contributed by atoms with van der Waals surface area (Å²) in [7, 11) is 1.85. The molecule has 1 heterocycles. The summed E-state index contributed by atoms with van der Waals surface area (Å²) in [5.41, 5.74) is 2.62. The molecule has 0 radical (unpaired) electrons. The fourth-order valence-electron chi connectivity index (χ4n) is 2.33. The van der Waals surface area contributed by atoms with E-state index in [2.05, 4.69) is 11.1 Å². The Balaban J connectivity index is 2.10. The third-order valence-electron chi connectivity index (χ3n) is 3.50. The van der Waals surface area contributed by atoms with Gasteiger partial charge < -0.3 is 4.57 Å². The first-order chi connectivity index (χ1) is 10.1. The maximum atomic E-state index is 13.9. The molecule has 0 unspecified atom stereocenters. The average Bonchev–Trinajstić information content (AvgIpc) is 2.79. The van der Waals surface area contributed by atoms with E-state index in [9.17, 15) is 4.39 Å². The van der Waals surface area contributed by atoms with Gasteiger partial charge in [0.1, 0.15) is 11.6 Å². The summed E-state index contributed by atoms with van der Waals surface area (Å²) in [5.74, 6) is 0.361. The Hall–Kier alpha value is -2.38. The molecule has 0 N–H and O–H groups in total. The molecule has 0 fully saturated rings. The number of nitrogens with zero attached hydrogens (tertiary/aromatic N) is 3. The maximum absolute atomic E-state index is 13.9. The fraction of sp³-hybridized carbons (Fsp3) is 0.125. The molecule has 0 saturated heterocycles. The zero-order chi connectivity index (χ0) is 15.0. The van der Waals surface area contributed by atoms with Gasteiger partial charge in [-0.25, -0.2) is 9.37 Å². The number of nitriles is 1. The first-order valence-electron chi connectivity index (χ1n) is 6.38. The number of imidazole rings is 1. The van der Waals surface area contributed by atoms with Crippen molar-refractivity contribution >= 4 is 22.6 Å². The highest BCUT2D eigenvalue weighted by molar-refractivity contribution is 6.31. The molecule has 0 bridgehead atoms. The highest BCUT2D eigenvalue weighted by atomic mass is 35.5. The van der Waals surface area contributed by atoms with E-state index in [0.29, 0.717) is 28.4 Å². The van der Waals surface area contributed by atoms with Crippen molar-refractivity contribution in [1.29, 1.82) is 5.26 Å². The van der Waals surface area contributed by atoms with Gasteiger partial charge in [0.25, 0.3) is 0 Å². The van der Waals surface area contributed by atoms with E-state index in [-0.39, 0.29) is 5.82 Å². The average molecular weight is 300 g/mol. The number of benzene rings is 2. The Morgan fingerprint density at radius 2 is 2.14 bits per heavy atom. The van der Waals surface area contributed by atoms with Crippen molar-refractivity contribution in [3.63, 3.8) is 0 Å². The minimum Gasteiger partial charge on any atom is -0.331 e. The third kappa shape index (κ3) is 2.37. The number of hydrogen-bond donors (Lipinski definition) is 0. The smallest absolute Gasteiger partial charge is 0.128 e. The predicted molar refractivity (Wildman–Crippen MR) is 79.6 cm³/mol. The van der Waals surface area contributed by atoms with E-state index in [1.165, 1.54) is 6.07 Å². The molecule has 0 amide bonds. The van der Waals surface area contributed by atoms with Crippen LogP contribution in [0.2, 0.25) is 5.02 Å². The van der Waals surface area contributed by atoms with Crippen LogP contribution < -0.4 is 0 Å². The Morgan fingerprint density at radius 3 is 2.86 bits per heavy atom. The predicted octanol–water partition coefficient (Wildman–Crippen LogP) is 3.83. The highest BCUT2D eigenvalue weighted by Crippen LogP contribution is 2.24. The van der Waals surface area contributed by atoms with Crippen LogP contribution in [0.4, 0.5) is 4.39 Å². The van der Waals surface area contributed by atoms with Gasteiger partial charge in [-0.15, -0.1) is 0 Å². The van der Waals surface area contributed by atoms with Crippen molar-refractivity contribution in [3.8, 4) is 6.07 Å². The third-order valence-corrected chi connectivity index (χ3v) is 3.85. The number of aromatic nitrogens is 2. The second kappa shape index (κ2) is 5.19. The lowest BCUT2D eigenvalue weighted by molar-refractivity contribution is 0.611. The van der Waals surface area contributed by atoms with Crippen LogP contribution in [0.25, 0.3) is 11.0 Å². The molecule has 0 aliphatic carbocycles. The number of hydrogen-bond acceptors (Lipinski definition) is 2. The lowest BCUT2D eigenvalue weighted by Gasteiger charge is -2.06. The van der Waals surface area contributed by atoms with E-state index in [0.717, 1.165) is 11.0 Å². The Kier molecular flexibility index (Phi) is 3.36. The van der Waals surface area contributed by atoms with E-state index < -0.39 is 0 Å². The van der Waals surface area contributed by atoms with Crippen molar-refractivity contribution in [2.24, 2.45) is 7.05 Å². The lowest BCUT2D eigenvalue weighted by atomic mass is 10.1. The van der Waals surface area contributed by atoms with Crippen molar-refractivity contribution in [2.45, 2.75) is 6.42 Å². The summed E-state index contributed by atoms with van der Waals surface area (Å²) in [6.07, 6.45) is 0.304. The van der Waals surface area contributed by atoms with Gasteiger partial charge >= 0.3 is 0 Å². The number of aryl methyl sites for hydroxylation is 1. The summed E-state index contributed by atoms with van der Waals surface area (Å²) < 4.78 is 15.7. The number of halogens is 2. The summed E-state index contributed by atoms with van der Waals surface area (Å²) >= 11 is 6.06. The fourth-order valence-corrected chi connectivity index (χ4v) is 2.56. The molecule has 0 atom stereocenters. The van der Waals surface area contributed by atoms with Crippen LogP contribution in [0, 0.1) is 17.1 Å². The topological polar surface area (TPSA) is 41.6 Å². The van der Waals surface area contributed by atoms with E-state index in [1.807, 2.05) is 11.6 Å². The second-order valence-electron chi connectivity index (χ2n) is 4.78. The molecule has 3 rings (SSSR count). The quantitative estimate of drug-likeness (QED) is 0.721. The summed E-state index contributed by atoms with van der Waals surface area (Å²) in [6.45, 7) is 0. The van der Waals surface area contributed by atoms with Gasteiger partial charge in [0.2, 0.25) is 0 Å². The minimum atomic E-state index is -0.340. The molecule has 0 aliphatic rings. The number of fused-ring (bicyclic) bond motifs is 1. The SMILES string of the molecule is Cn1c(Cc2c(F)cccc2Cl)nc2ccc(C#N)cc21. The van der Waals surface area contributed by atoms with Crippen molar-refractivity contribution in [2.75, 3.05) is 0 Å². The molecule has 0 aliphatic heterocycles. The van der Waals surface area contributed by atoms with Crippen LogP contribution in [-0.2, 0) is 13.5 Å².